The Hall–Kier alpha value is -1.06. The molecule has 0 spiro atoms. The first-order chi connectivity index (χ1) is 8.97. The third kappa shape index (κ3) is 3.15. The maximum atomic E-state index is 11.9. The Morgan fingerprint density at radius 1 is 1.45 bits per heavy atom. The number of nitrogens with one attached hydrogen (secondary N) is 2. The van der Waals surface area contributed by atoms with Crippen LogP contribution in [0.2, 0.25) is 0 Å². The molecule has 0 aromatic rings. The molecule has 2 rings (SSSR count). The number of amides is 3. The molecule has 1 atom stereocenters. The normalized spacial score (nSPS) is 27.9. The van der Waals surface area contributed by atoms with Crippen molar-refractivity contribution in [3.8, 4) is 0 Å². The predicted molar refractivity (Wildman–Crippen MR) is 87.0 cm³/mol. The van der Waals surface area contributed by atoms with Gasteiger partial charge in [-0.3, -0.25) is 15.1 Å². The number of imide groups is 1. The van der Waals surface area contributed by atoms with Gasteiger partial charge < -0.3 is 16.0 Å². The van der Waals surface area contributed by atoms with Gasteiger partial charge in [-0.1, -0.05) is 0 Å². The second-order valence-electron chi connectivity index (χ2n) is 5.20. The molecular weight excluding hydrogens is 373 g/mol. The number of carbonyl (C=O) groups is 2. The molecule has 2 saturated heterocycles. The van der Waals surface area contributed by atoms with Gasteiger partial charge in [-0.25, -0.2) is 4.79 Å². The summed E-state index contributed by atoms with van der Waals surface area (Å²) in [4.78, 5) is 29.4. The van der Waals surface area contributed by atoms with E-state index in [9.17, 15) is 9.59 Å². The molecule has 2 aliphatic rings. The van der Waals surface area contributed by atoms with Crippen molar-refractivity contribution in [3.63, 3.8) is 0 Å². The minimum atomic E-state index is -0.792. The van der Waals surface area contributed by atoms with Crippen molar-refractivity contribution in [1.82, 2.24) is 15.5 Å². The number of carbonyl (C=O) groups excluding carboxylic acids is 2. The average molecular weight is 395 g/mol. The maximum absolute atomic E-state index is 11.9. The van der Waals surface area contributed by atoms with E-state index in [4.69, 9.17) is 5.73 Å². The summed E-state index contributed by atoms with van der Waals surface area (Å²) >= 11 is 0. The van der Waals surface area contributed by atoms with Gasteiger partial charge in [0.25, 0.3) is 5.91 Å². The summed E-state index contributed by atoms with van der Waals surface area (Å²) in [5.74, 6) is 0.460. The van der Waals surface area contributed by atoms with Gasteiger partial charge in [-0.05, 0) is 32.6 Å². The molecule has 4 N–H and O–H groups in total. The highest BCUT2D eigenvalue weighted by Gasteiger charge is 2.48. The molecule has 8 heteroatoms. The van der Waals surface area contributed by atoms with Crippen LogP contribution in [0, 0.1) is 5.92 Å². The van der Waals surface area contributed by atoms with E-state index in [1.165, 1.54) is 0 Å². The standard InChI is InChI=1S/C12H21N5O2.HI/c1-3-14-10(13)17-6-4-8(5-7-17)12(2)9(18)15-11(19)16-12;/h8H,3-7H2,1-2H3,(H2,13,14)(H2,15,16,18,19);1H. The second kappa shape index (κ2) is 6.59. The molecule has 1 unspecified atom stereocenters. The molecular formula is C12H22IN5O2. The summed E-state index contributed by atoms with van der Waals surface area (Å²) in [7, 11) is 0. The van der Waals surface area contributed by atoms with Crippen LogP contribution in [0.25, 0.3) is 0 Å². The second-order valence-corrected chi connectivity index (χ2v) is 5.20. The fourth-order valence-corrected chi connectivity index (χ4v) is 2.79. The number of guanidine groups is 1. The van der Waals surface area contributed by atoms with E-state index in [-0.39, 0.29) is 35.8 Å². The van der Waals surface area contributed by atoms with Gasteiger partial charge in [0.05, 0.1) is 0 Å². The van der Waals surface area contributed by atoms with E-state index in [1.807, 2.05) is 11.8 Å². The van der Waals surface area contributed by atoms with Gasteiger partial charge in [0, 0.05) is 19.6 Å². The topological polar surface area (TPSA) is 99.8 Å². The number of likely N-dealkylation sites (tertiary alicyclic amines) is 1. The summed E-state index contributed by atoms with van der Waals surface area (Å²) in [5, 5.41) is 5.05. The lowest BCUT2D eigenvalue weighted by atomic mass is 9.79. The lowest BCUT2D eigenvalue weighted by Gasteiger charge is -2.39. The van der Waals surface area contributed by atoms with Crippen LogP contribution in [0.5, 0.6) is 0 Å². The smallest absolute Gasteiger partial charge is 0.322 e. The van der Waals surface area contributed by atoms with E-state index in [2.05, 4.69) is 15.6 Å². The predicted octanol–water partition coefficient (Wildman–Crippen LogP) is 0.249. The van der Waals surface area contributed by atoms with Gasteiger partial charge in [0.15, 0.2) is 5.96 Å². The molecule has 0 aliphatic carbocycles. The molecule has 0 bridgehead atoms. The van der Waals surface area contributed by atoms with Crippen molar-refractivity contribution in [2.45, 2.75) is 32.2 Å². The Kier molecular flexibility index (Phi) is 5.60. The summed E-state index contributed by atoms with van der Waals surface area (Å²) in [6.45, 7) is 5.93. The van der Waals surface area contributed by atoms with Gasteiger partial charge in [0.2, 0.25) is 0 Å². The zero-order chi connectivity index (χ0) is 14.0. The van der Waals surface area contributed by atoms with Crippen molar-refractivity contribution < 1.29 is 9.59 Å². The first-order valence-corrected chi connectivity index (χ1v) is 6.66. The highest BCUT2D eigenvalue weighted by Crippen LogP contribution is 2.30. The SMILES string of the molecule is CCN=C(N)N1CCC(C2(C)NC(=O)NC2=O)CC1.I. The minimum absolute atomic E-state index is 0. The number of piperidine rings is 1. The minimum Gasteiger partial charge on any atom is -0.370 e. The summed E-state index contributed by atoms with van der Waals surface area (Å²) in [6.07, 6.45) is 1.62. The number of hydrogen-bond acceptors (Lipinski definition) is 3. The van der Waals surface area contributed by atoms with Crippen LogP contribution < -0.4 is 16.4 Å². The van der Waals surface area contributed by atoms with E-state index in [0.29, 0.717) is 12.5 Å². The molecule has 114 valence electrons. The average Bonchev–Trinajstić information content (AvgIpc) is 2.64. The van der Waals surface area contributed by atoms with Crippen molar-refractivity contribution >= 4 is 41.9 Å². The number of nitrogens with zero attached hydrogens (tertiary/aromatic N) is 2. The number of halogens is 1. The Labute approximate surface area is 135 Å². The Morgan fingerprint density at radius 2 is 2.05 bits per heavy atom. The molecule has 0 aromatic heterocycles. The van der Waals surface area contributed by atoms with Crippen molar-refractivity contribution in [1.29, 1.82) is 0 Å². The van der Waals surface area contributed by atoms with Crippen molar-refractivity contribution in [3.05, 3.63) is 0 Å². The molecule has 0 radical (unpaired) electrons. The van der Waals surface area contributed by atoms with Gasteiger partial charge in [-0.15, -0.1) is 24.0 Å². The van der Waals surface area contributed by atoms with Crippen LogP contribution in [0.3, 0.4) is 0 Å². The zero-order valence-corrected chi connectivity index (χ0v) is 14.1. The van der Waals surface area contributed by atoms with E-state index < -0.39 is 11.6 Å². The zero-order valence-electron chi connectivity index (χ0n) is 11.8. The van der Waals surface area contributed by atoms with Crippen molar-refractivity contribution in [2.24, 2.45) is 16.6 Å². The van der Waals surface area contributed by atoms with Crippen LogP contribution >= 0.6 is 24.0 Å². The van der Waals surface area contributed by atoms with Gasteiger partial charge in [0.1, 0.15) is 5.54 Å². The molecule has 2 fully saturated rings. The number of rotatable bonds is 2. The molecule has 2 heterocycles. The fraction of sp³-hybridized carbons (Fsp3) is 0.750. The maximum Gasteiger partial charge on any atom is 0.322 e. The molecule has 3 amide bonds. The quantitative estimate of drug-likeness (QED) is 0.270. The molecule has 20 heavy (non-hydrogen) atoms. The lowest BCUT2D eigenvalue weighted by molar-refractivity contribution is -0.125. The highest BCUT2D eigenvalue weighted by atomic mass is 127. The summed E-state index contributed by atoms with van der Waals surface area (Å²) in [5.41, 5.74) is 5.08. The fourth-order valence-electron chi connectivity index (χ4n) is 2.79. The molecule has 0 saturated carbocycles. The number of hydrogen-bond donors (Lipinski definition) is 3. The number of aliphatic imine (C=N–C) groups is 1. The first-order valence-electron chi connectivity index (χ1n) is 6.66. The van der Waals surface area contributed by atoms with Gasteiger partial charge >= 0.3 is 6.03 Å². The molecule has 0 aromatic carbocycles. The van der Waals surface area contributed by atoms with E-state index in [0.717, 1.165) is 25.9 Å². The Morgan fingerprint density at radius 3 is 2.50 bits per heavy atom. The summed E-state index contributed by atoms with van der Waals surface area (Å²) < 4.78 is 0. The summed E-state index contributed by atoms with van der Waals surface area (Å²) in [6, 6.07) is -0.401. The third-order valence-electron chi connectivity index (χ3n) is 4.03. The first kappa shape index (κ1) is 17.0. The largest absolute Gasteiger partial charge is 0.370 e. The van der Waals surface area contributed by atoms with Crippen LogP contribution in [-0.4, -0.2) is 48.0 Å². The number of urea groups is 1. The molecule has 7 nitrogen and oxygen atoms in total. The Bertz CT molecular complexity index is 420. The van der Waals surface area contributed by atoms with Crippen LogP contribution in [-0.2, 0) is 4.79 Å². The van der Waals surface area contributed by atoms with E-state index in [1.54, 1.807) is 6.92 Å². The molecule has 2 aliphatic heterocycles. The van der Waals surface area contributed by atoms with Crippen LogP contribution in [0.15, 0.2) is 4.99 Å². The van der Waals surface area contributed by atoms with Gasteiger partial charge in [-0.2, -0.15) is 0 Å². The van der Waals surface area contributed by atoms with Crippen LogP contribution in [0.1, 0.15) is 26.7 Å². The highest BCUT2D eigenvalue weighted by molar-refractivity contribution is 14.0. The van der Waals surface area contributed by atoms with Crippen LogP contribution in [0.4, 0.5) is 4.79 Å². The Balaban J connectivity index is 0.00000200. The number of nitrogens with two attached hydrogens (primary N) is 1. The third-order valence-corrected chi connectivity index (χ3v) is 4.03. The lowest BCUT2D eigenvalue weighted by Crippen LogP contribution is -2.55. The van der Waals surface area contributed by atoms with E-state index >= 15 is 0 Å². The van der Waals surface area contributed by atoms with Crippen molar-refractivity contribution in [2.75, 3.05) is 19.6 Å². The monoisotopic (exact) mass is 395 g/mol.